The molecular weight excluding hydrogens is 480 g/mol. The lowest BCUT2D eigenvalue weighted by atomic mass is 9.55. The fourth-order valence-electron chi connectivity index (χ4n) is 7.67. The lowest BCUT2D eigenvalue weighted by Gasteiger charge is -2.48. The third kappa shape index (κ3) is 5.48. The Labute approximate surface area is 244 Å². The summed E-state index contributed by atoms with van der Waals surface area (Å²) in [7, 11) is 0. The van der Waals surface area contributed by atoms with Gasteiger partial charge in [0.15, 0.2) is 0 Å². The highest BCUT2D eigenvalue weighted by atomic mass is 14.5. The molecule has 0 fully saturated rings. The summed E-state index contributed by atoms with van der Waals surface area (Å²) in [4.78, 5) is 0. The van der Waals surface area contributed by atoms with E-state index in [1.54, 1.807) is 22.3 Å². The van der Waals surface area contributed by atoms with Crippen LogP contribution in [0.3, 0.4) is 0 Å². The molecule has 4 aromatic rings. The van der Waals surface area contributed by atoms with Crippen molar-refractivity contribution in [3.8, 4) is 0 Å². The molecule has 0 saturated heterocycles. The molecule has 1 aliphatic carbocycles. The minimum Gasteiger partial charge on any atom is -0.0654 e. The molecule has 0 N–H and O–H groups in total. The predicted octanol–water partition coefficient (Wildman–Crippen LogP) is 12.3. The fraction of sp³-hybridized carbons (Fsp3) is 0.500. The van der Waals surface area contributed by atoms with Gasteiger partial charge in [-0.15, -0.1) is 0 Å². The number of hydrogen-bond donors (Lipinski definition) is 0. The van der Waals surface area contributed by atoms with Crippen LogP contribution in [0, 0.1) is 13.8 Å². The first-order chi connectivity index (χ1) is 19.3. The summed E-state index contributed by atoms with van der Waals surface area (Å²) < 4.78 is 0. The van der Waals surface area contributed by atoms with Crippen LogP contribution >= 0.6 is 0 Å². The average molecular weight is 533 g/mol. The van der Waals surface area contributed by atoms with Gasteiger partial charge < -0.3 is 0 Å². The van der Waals surface area contributed by atoms with Crippen LogP contribution in [-0.4, -0.2) is 0 Å². The molecule has 0 saturated carbocycles. The van der Waals surface area contributed by atoms with Gasteiger partial charge in [-0.3, -0.25) is 0 Å². The molecule has 0 unspecified atom stereocenters. The van der Waals surface area contributed by atoms with Crippen LogP contribution in [0.4, 0.5) is 0 Å². The summed E-state index contributed by atoms with van der Waals surface area (Å²) >= 11 is 0. The molecule has 0 atom stereocenters. The van der Waals surface area contributed by atoms with Gasteiger partial charge >= 0.3 is 0 Å². The van der Waals surface area contributed by atoms with E-state index in [9.17, 15) is 0 Å². The van der Waals surface area contributed by atoms with Gasteiger partial charge in [0.05, 0.1) is 0 Å². The first-order valence-corrected chi connectivity index (χ1v) is 16.4. The standard InChI is InChI=1S/C40H52/c1-7-9-11-13-15-21-40(22-16-14-12-10-8-2)37-26-32-20-18-29(3)23-33(32)27-36(37)39(5,6)35-25-31-19-17-30(4)24-34(31)28-38(35)40/h17-20,23-28H,7-16,21-22H2,1-6H3. The number of unbranched alkanes of at least 4 members (excludes halogenated alkanes) is 8. The smallest absolute Gasteiger partial charge is 0.0209 e. The average Bonchev–Trinajstić information content (AvgIpc) is 2.94. The van der Waals surface area contributed by atoms with Crippen LogP contribution in [0.15, 0.2) is 60.7 Å². The molecule has 0 aromatic heterocycles. The zero-order valence-corrected chi connectivity index (χ0v) is 26.3. The fourth-order valence-corrected chi connectivity index (χ4v) is 7.67. The number of aryl methyl sites for hydroxylation is 2. The summed E-state index contributed by atoms with van der Waals surface area (Å²) in [6, 6.07) is 24.5. The molecule has 0 heterocycles. The molecule has 5 rings (SSSR count). The maximum atomic E-state index is 2.62. The summed E-state index contributed by atoms with van der Waals surface area (Å²) in [6.07, 6.45) is 15.9. The molecule has 0 spiro atoms. The van der Waals surface area contributed by atoms with Crippen molar-refractivity contribution in [2.45, 2.75) is 129 Å². The largest absolute Gasteiger partial charge is 0.0654 e. The first-order valence-electron chi connectivity index (χ1n) is 16.4. The van der Waals surface area contributed by atoms with E-state index in [4.69, 9.17) is 0 Å². The van der Waals surface area contributed by atoms with Gasteiger partial charge in [-0.1, -0.05) is 139 Å². The Kier molecular flexibility index (Phi) is 8.75. The van der Waals surface area contributed by atoms with E-state index in [0.29, 0.717) is 0 Å². The van der Waals surface area contributed by atoms with Crippen molar-refractivity contribution in [1.82, 2.24) is 0 Å². The molecule has 40 heavy (non-hydrogen) atoms. The second-order valence-electron chi connectivity index (χ2n) is 13.5. The second kappa shape index (κ2) is 12.1. The van der Waals surface area contributed by atoms with Crippen LogP contribution in [0.25, 0.3) is 21.5 Å². The molecule has 0 amide bonds. The monoisotopic (exact) mass is 532 g/mol. The van der Waals surface area contributed by atoms with Crippen LogP contribution in [0.2, 0.25) is 0 Å². The molecule has 4 aromatic carbocycles. The van der Waals surface area contributed by atoms with E-state index < -0.39 is 0 Å². The summed E-state index contributed by atoms with van der Waals surface area (Å²) in [5.74, 6) is 0. The minimum atomic E-state index is -0.0321. The minimum absolute atomic E-state index is 0.0321. The van der Waals surface area contributed by atoms with Crippen molar-refractivity contribution in [3.63, 3.8) is 0 Å². The Morgan fingerprint density at radius 3 is 1.32 bits per heavy atom. The molecule has 0 radical (unpaired) electrons. The molecule has 0 aliphatic heterocycles. The van der Waals surface area contributed by atoms with Crippen molar-refractivity contribution < 1.29 is 0 Å². The highest BCUT2D eigenvalue weighted by molar-refractivity contribution is 5.89. The summed E-state index contributed by atoms with van der Waals surface area (Å²) in [5, 5.41) is 5.60. The van der Waals surface area contributed by atoms with Crippen LogP contribution in [-0.2, 0) is 10.8 Å². The van der Waals surface area contributed by atoms with Crippen molar-refractivity contribution in [2.24, 2.45) is 0 Å². The Bertz CT molecular complexity index is 1450. The number of fused-ring (bicyclic) bond motifs is 4. The van der Waals surface area contributed by atoms with Crippen LogP contribution in [0.5, 0.6) is 0 Å². The van der Waals surface area contributed by atoms with Gasteiger partial charge in [0.25, 0.3) is 0 Å². The maximum absolute atomic E-state index is 2.62. The molecule has 0 nitrogen and oxygen atoms in total. The Morgan fingerprint density at radius 1 is 0.450 bits per heavy atom. The maximum Gasteiger partial charge on any atom is 0.0209 e. The Morgan fingerprint density at radius 2 is 0.850 bits per heavy atom. The second-order valence-corrected chi connectivity index (χ2v) is 13.5. The zero-order valence-electron chi connectivity index (χ0n) is 26.3. The topological polar surface area (TPSA) is 0 Å². The van der Waals surface area contributed by atoms with E-state index >= 15 is 0 Å². The number of hydrogen-bond acceptors (Lipinski definition) is 0. The van der Waals surface area contributed by atoms with Crippen molar-refractivity contribution in [2.75, 3.05) is 0 Å². The predicted molar refractivity (Wildman–Crippen MR) is 177 cm³/mol. The van der Waals surface area contributed by atoms with Gasteiger partial charge in [0.2, 0.25) is 0 Å². The van der Waals surface area contributed by atoms with E-state index in [1.165, 1.54) is 110 Å². The molecular formula is C40H52. The SMILES string of the molecule is CCCCCCCC1(CCCCCCC)c2cc3ccc(C)cc3cc2C(C)(C)c2cc3ccc(C)cc3cc21. The third-order valence-electron chi connectivity index (χ3n) is 10.1. The van der Waals surface area contributed by atoms with Crippen molar-refractivity contribution in [3.05, 3.63) is 94.0 Å². The Hall–Kier alpha value is -2.60. The third-order valence-corrected chi connectivity index (χ3v) is 10.1. The van der Waals surface area contributed by atoms with Crippen LogP contribution < -0.4 is 0 Å². The van der Waals surface area contributed by atoms with Gasteiger partial charge in [0.1, 0.15) is 0 Å². The van der Waals surface area contributed by atoms with Crippen LogP contribution in [0.1, 0.15) is 138 Å². The van der Waals surface area contributed by atoms with Gasteiger partial charge in [0, 0.05) is 10.8 Å². The molecule has 212 valence electrons. The zero-order chi connectivity index (χ0) is 28.3. The highest BCUT2D eigenvalue weighted by Crippen LogP contribution is 2.55. The lowest BCUT2D eigenvalue weighted by molar-refractivity contribution is 0.366. The Balaban J connectivity index is 1.74. The van der Waals surface area contributed by atoms with E-state index in [2.05, 4.69) is 102 Å². The van der Waals surface area contributed by atoms with E-state index in [0.717, 1.165) is 0 Å². The lowest BCUT2D eigenvalue weighted by Crippen LogP contribution is -2.40. The van der Waals surface area contributed by atoms with Gasteiger partial charge in [-0.25, -0.2) is 0 Å². The highest BCUT2D eigenvalue weighted by Gasteiger charge is 2.46. The quantitative estimate of drug-likeness (QED) is 0.159. The summed E-state index contributed by atoms with van der Waals surface area (Å²) in [6.45, 7) is 14.1. The molecule has 0 heteroatoms. The van der Waals surface area contributed by atoms with E-state index in [1.807, 2.05) is 0 Å². The molecule has 1 aliphatic rings. The van der Waals surface area contributed by atoms with E-state index in [-0.39, 0.29) is 10.8 Å². The normalized spacial score (nSPS) is 15.3. The number of benzene rings is 4. The van der Waals surface area contributed by atoms with Crippen molar-refractivity contribution >= 4 is 21.5 Å². The van der Waals surface area contributed by atoms with Gasteiger partial charge in [-0.2, -0.15) is 0 Å². The van der Waals surface area contributed by atoms with Crippen molar-refractivity contribution in [1.29, 1.82) is 0 Å². The number of rotatable bonds is 12. The first kappa shape index (κ1) is 28.9. The molecule has 0 bridgehead atoms. The van der Waals surface area contributed by atoms with Gasteiger partial charge in [-0.05, 0) is 94.8 Å². The summed E-state index contributed by atoms with van der Waals surface area (Å²) in [5.41, 5.74) is 9.12.